The molecule has 0 aliphatic rings. The van der Waals surface area contributed by atoms with Crippen LogP contribution in [-0.4, -0.2) is 35.3 Å². The molecule has 2 rings (SSSR count). The first-order chi connectivity index (χ1) is 9.16. The molecular formula is C12H19N5O2S. The summed E-state index contributed by atoms with van der Waals surface area (Å²) in [4.78, 5) is 4.29. The summed E-state index contributed by atoms with van der Waals surface area (Å²) < 4.78 is 28.9. The van der Waals surface area contributed by atoms with E-state index in [2.05, 4.69) is 14.8 Å². The summed E-state index contributed by atoms with van der Waals surface area (Å²) in [6.45, 7) is 5.48. The van der Waals surface area contributed by atoms with E-state index in [-0.39, 0.29) is 11.4 Å². The Bertz CT molecular complexity index is 749. The second-order valence-corrected chi connectivity index (χ2v) is 7.13. The minimum Gasteiger partial charge on any atom is -0.329 e. The van der Waals surface area contributed by atoms with Crippen LogP contribution in [0.25, 0.3) is 11.0 Å². The number of sulfonamides is 1. The third kappa shape index (κ3) is 2.67. The molecule has 0 aliphatic heterocycles. The van der Waals surface area contributed by atoms with E-state index in [1.807, 2.05) is 6.92 Å². The fourth-order valence-corrected chi connectivity index (χ4v) is 3.29. The predicted octanol–water partition coefficient (Wildman–Crippen LogP) is 0.292. The fourth-order valence-electron chi connectivity index (χ4n) is 1.90. The summed E-state index contributed by atoms with van der Waals surface area (Å²) in [7, 11) is -1.89. The van der Waals surface area contributed by atoms with E-state index in [0.717, 1.165) is 11.1 Å². The molecule has 0 spiro atoms. The maximum absolute atomic E-state index is 12.3. The number of pyridine rings is 1. The zero-order chi connectivity index (χ0) is 15.1. The van der Waals surface area contributed by atoms with Gasteiger partial charge in [-0.1, -0.05) is 0 Å². The van der Waals surface area contributed by atoms with Crippen molar-refractivity contribution in [2.75, 3.05) is 6.54 Å². The van der Waals surface area contributed by atoms with Crippen molar-refractivity contribution in [2.24, 2.45) is 12.8 Å². The predicted molar refractivity (Wildman–Crippen MR) is 76.7 cm³/mol. The van der Waals surface area contributed by atoms with Crippen LogP contribution in [0.1, 0.15) is 19.5 Å². The van der Waals surface area contributed by atoms with Crippen LogP contribution in [0.15, 0.2) is 17.2 Å². The summed E-state index contributed by atoms with van der Waals surface area (Å²) in [5.74, 6) is 0. The van der Waals surface area contributed by atoms with Crippen molar-refractivity contribution in [1.82, 2.24) is 19.5 Å². The number of aromatic nitrogens is 3. The van der Waals surface area contributed by atoms with Crippen molar-refractivity contribution in [3.8, 4) is 0 Å². The fraction of sp³-hybridized carbons (Fsp3) is 0.500. The van der Waals surface area contributed by atoms with E-state index in [1.54, 1.807) is 31.6 Å². The number of nitrogens with zero attached hydrogens (tertiary/aromatic N) is 3. The molecule has 7 nitrogen and oxygen atoms in total. The highest BCUT2D eigenvalue weighted by Crippen LogP contribution is 2.20. The van der Waals surface area contributed by atoms with Crippen LogP contribution in [-0.2, 0) is 17.1 Å². The molecule has 0 amide bonds. The van der Waals surface area contributed by atoms with Crippen LogP contribution in [0.5, 0.6) is 0 Å². The Hall–Kier alpha value is -1.51. The summed E-state index contributed by atoms with van der Waals surface area (Å²) in [5, 5.41) is 4.95. The maximum Gasteiger partial charge on any atom is 0.242 e. The monoisotopic (exact) mass is 297 g/mol. The van der Waals surface area contributed by atoms with Crippen molar-refractivity contribution in [3.05, 3.63) is 18.0 Å². The lowest BCUT2D eigenvalue weighted by Gasteiger charge is -2.23. The summed E-state index contributed by atoms with van der Waals surface area (Å²) in [5.41, 5.74) is 6.24. The Morgan fingerprint density at radius 3 is 2.70 bits per heavy atom. The van der Waals surface area contributed by atoms with Gasteiger partial charge in [-0.2, -0.15) is 5.10 Å². The van der Waals surface area contributed by atoms with Gasteiger partial charge in [-0.15, -0.1) is 0 Å². The van der Waals surface area contributed by atoms with Gasteiger partial charge >= 0.3 is 0 Å². The zero-order valence-corrected chi connectivity index (χ0v) is 12.8. The lowest BCUT2D eigenvalue weighted by Crippen LogP contribution is -2.48. The molecule has 2 aromatic rings. The zero-order valence-electron chi connectivity index (χ0n) is 12.0. The van der Waals surface area contributed by atoms with Crippen molar-refractivity contribution in [2.45, 2.75) is 31.2 Å². The number of nitrogens with two attached hydrogens (primary N) is 1. The van der Waals surface area contributed by atoms with E-state index in [9.17, 15) is 8.42 Å². The van der Waals surface area contributed by atoms with Gasteiger partial charge in [0.15, 0.2) is 5.65 Å². The van der Waals surface area contributed by atoms with Crippen LogP contribution < -0.4 is 10.5 Å². The van der Waals surface area contributed by atoms with Crippen LogP contribution >= 0.6 is 0 Å². The molecule has 110 valence electrons. The molecule has 0 bridgehead atoms. The van der Waals surface area contributed by atoms with E-state index >= 15 is 0 Å². The third-order valence-corrected chi connectivity index (χ3v) is 4.73. The Balaban J connectivity index is 2.50. The number of rotatable bonds is 4. The molecule has 20 heavy (non-hydrogen) atoms. The lowest BCUT2D eigenvalue weighted by atomic mass is 10.1. The molecular weight excluding hydrogens is 278 g/mol. The Labute approximate surface area is 118 Å². The molecule has 0 saturated carbocycles. The Morgan fingerprint density at radius 1 is 1.45 bits per heavy atom. The third-order valence-electron chi connectivity index (χ3n) is 3.07. The van der Waals surface area contributed by atoms with E-state index in [1.165, 1.54) is 6.20 Å². The van der Waals surface area contributed by atoms with Crippen molar-refractivity contribution >= 4 is 21.1 Å². The molecule has 0 aliphatic carbocycles. The highest BCUT2D eigenvalue weighted by atomic mass is 32.2. The highest BCUT2D eigenvalue weighted by Gasteiger charge is 2.25. The largest absolute Gasteiger partial charge is 0.329 e. The van der Waals surface area contributed by atoms with Gasteiger partial charge < -0.3 is 5.73 Å². The van der Waals surface area contributed by atoms with Crippen molar-refractivity contribution in [3.63, 3.8) is 0 Å². The first-order valence-corrected chi connectivity index (χ1v) is 7.68. The molecule has 0 aromatic carbocycles. The molecule has 3 N–H and O–H groups in total. The average Bonchev–Trinajstić information content (AvgIpc) is 2.64. The second-order valence-electron chi connectivity index (χ2n) is 5.44. The van der Waals surface area contributed by atoms with Gasteiger partial charge in [-0.3, -0.25) is 4.68 Å². The molecule has 2 aromatic heterocycles. The quantitative estimate of drug-likeness (QED) is 0.844. The lowest BCUT2D eigenvalue weighted by molar-refractivity contribution is 0.462. The van der Waals surface area contributed by atoms with Crippen LogP contribution in [0.2, 0.25) is 0 Å². The summed E-state index contributed by atoms with van der Waals surface area (Å²) >= 11 is 0. The van der Waals surface area contributed by atoms with Gasteiger partial charge in [-0.05, 0) is 26.8 Å². The van der Waals surface area contributed by atoms with Crippen LogP contribution in [0, 0.1) is 6.92 Å². The van der Waals surface area contributed by atoms with E-state index in [0.29, 0.717) is 5.65 Å². The highest BCUT2D eigenvalue weighted by molar-refractivity contribution is 7.89. The van der Waals surface area contributed by atoms with Gasteiger partial charge in [0, 0.05) is 30.7 Å². The second kappa shape index (κ2) is 4.80. The topological polar surface area (TPSA) is 103 Å². The van der Waals surface area contributed by atoms with Crippen LogP contribution in [0.3, 0.4) is 0 Å². The first-order valence-electron chi connectivity index (χ1n) is 6.20. The Kier molecular flexibility index (Phi) is 3.57. The standard InChI is InChI=1S/C12H19N5O2S/c1-8-10-5-9(6-14-11(10)17(4)15-8)20(18,19)16-12(2,3)7-13/h5-6,16H,7,13H2,1-4H3. The first kappa shape index (κ1) is 14.9. The maximum atomic E-state index is 12.3. The minimum atomic E-state index is -3.66. The Morgan fingerprint density at radius 2 is 2.10 bits per heavy atom. The number of hydrogen-bond acceptors (Lipinski definition) is 5. The summed E-state index contributed by atoms with van der Waals surface area (Å²) in [6.07, 6.45) is 1.33. The molecule has 8 heteroatoms. The number of fused-ring (bicyclic) bond motifs is 1. The SMILES string of the molecule is Cc1nn(C)c2ncc(S(=O)(=O)NC(C)(C)CN)cc12. The van der Waals surface area contributed by atoms with E-state index in [4.69, 9.17) is 5.73 Å². The van der Waals surface area contributed by atoms with Crippen molar-refractivity contribution in [1.29, 1.82) is 0 Å². The van der Waals surface area contributed by atoms with Gasteiger partial charge in [-0.25, -0.2) is 18.1 Å². The number of nitrogens with one attached hydrogen (secondary N) is 1. The van der Waals surface area contributed by atoms with Crippen LogP contribution in [0.4, 0.5) is 0 Å². The molecule has 0 atom stereocenters. The smallest absolute Gasteiger partial charge is 0.242 e. The molecule has 0 saturated heterocycles. The number of aryl methyl sites for hydroxylation is 2. The summed E-state index contributed by atoms with van der Waals surface area (Å²) in [6, 6.07) is 1.58. The molecule has 0 radical (unpaired) electrons. The molecule has 0 unspecified atom stereocenters. The van der Waals surface area contributed by atoms with Gasteiger partial charge in [0.25, 0.3) is 0 Å². The normalized spacial score (nSPS) is 13.1. The number of hydrogen-bond donors (Lipinski definition) is 2. The van der Waals surface area contributed by atoms with E-state index < -0.39 is 15.6 Å². The van der Waals surface area contributed by atoms with Gasteiger partial charge in [0.2, 0.25) is 10.0 Å². The average molecular weight is 297 g/mol. The van der Waals surface area contributed by atoms with Gasteiger partial charge in [0.1, 0.15) is 4.90 Å². The molecule has 0 fully saturated rings. The minimum absolute atomic E-state index is 0.114. The molecule has 2 heterocycles. The van der Waals surface area contributed by atoms with Crippen molar-refractivity contribution < 1.29 is 8.42 Å². The van der Waals surface area contributed by atoms with Gasteiger partial charge in [0.05, 0.1) is 5.69 Å².